The highest BCUT2D eigenvalue weighted by molar-refractivity contribution is 7.73. The summed E-state index contributed by atoms with van der Waals surface area (Å²) < 4.78 is 1.84. The van der Waals surface area contributed by atoms with Gasteiger partial charge in [0.1, 0.15) is 0 Å². The summed E-state index contributed by atoms with van der Waals surface area (Å²) in [6.45, 7) is 1.46. The van der Waals surface area contributed by atoms with Crippen molar-refractivity contribution in [2.45, 2.75) is 3.53 Å². The van der Waals surface area contributed by atoms with Gasteiger partial charge in [-0.25, -0.2) is 0 Å². The van der Waals surface area contributed by atoms with Crippen LogP contribution >= 0.6 is 42.6 Å². The van der Waals surface area contributed by atoms with Crippen LogP contribution in [-0.4, -0.2) is 45.0 Å². The summed E-state index contributed by atoms with van der Waals surface area (Å²) >= 11 is 17.2. The van der Waals surface area contributed by atoms with Gasteiger partial charge in [-0.2, -0.15) is 0 Å². The monoisotopic (exact) mass is 251 g/mol. The predicted molar refractivity (Wildman–Crippen MR) is 54.7 cm³/mol. The van der Waals surface area contributed by atoms with Crippen LogP contribution in [0.3, 0.4) is 0 Å². The second kappa shape index (κ2) is 3.39. The lowest BCUT2D eigenvalue weighted by molar-refractivity contribution is 0.461. The second-order valence-corrected chi connectivity index (χ2v) is 9.04. The van der Waals surface area contributed by atoms with Crippen molar-refractivity contribution >= 4 is 42.6 Å². The number of hydrogen-bond acceptors (Lipinski definition) is 3. The SMILES string of the molecule is CN1CCN(C)[P]1(O)C(Cl)(Cl)Cl. The van der Waals surface area contributed by atoms with Crippen LogP contribution in [-0.2, 0) is 0 Å². The van der Waals surface area contributed by atoms with Gasteiger partial charge in [-0.1, -0.05) is 34.8 Å². The van der Waals surface area contributed by atoms with E-state index >= 15 is 0 Å². The van der Waals surface area contributed by atoms with Gasteiger partial charge in [0.25, 0.3) is 3.53 Å². The third-order valence-corrected chi connectivity index (χ3v) is 7.07. The van der Waals surface area contributed by atoms with E-state index < -0.39 is 11.3 Å². The van der Waals surface area contributed by atoms with E-state index in [9.17, 15) is 4.89 Å². The van der Waals surface area contributed by atoms with Crippen molar-refractivity contribution in [3.8, 4) is 0 Å². The van der Waals surface area contributed by atoms with Crippen LogP contribution in [0.15, 0.2) is 0 Å². The van der Waals surface area contributed by atoms with Crippen LogP contribution in [0.2, 0.25) is 0 Å². The molecule has 3 nitrogen and oxygen atoms in total. The van der Waals surface area contributed by atoms with Gasteiger partial charge in [-0.15, -0.1) is 0 Å². The molecule has 0 aromatic heterocycles. The van der Waals surface area contributed by atoms with Crippen molar-refractivity contribution in [3.63, 3.8) is 0 Å². The Hall–Kier alpha value is 1.18. The second-order valence-electron chi connectivity index (χ2n) is 2.80. The zero-order chi connectivity index (χ0) is 9.57. The molecular formula is C5H11Cl3N2OP. The minimum atomic E-state index is -2.72. The molecule has 0 saturated carbocycles. The van der Waals surface area contributed by atoms with E-state index in [0.29, 0.717) is 0 Å². The molecule has 0 aromatic carbocycles. The highest BCUT2D eigenvalue weighted by Crippen LogP contribution is 2.76. The maximum absolute atomic E-state index is 10.1. The Labute approximate surface area is 87.7 Å². The molecule has 1 N–H and O–H groups in total. The fourth-order valence-corrected chi connectivity index (χ4v) is 5.57. The third-order valence-electron chi connectivity index (χ3n) is 2.04. The largest absolute Gasteiger partial charge is 0.350 e. The first-order chi connectivity index (χ1) is 5.30. The summed E-state index contributed by atoms with van der Waals surface area (Å²) in [4.78, 5) is 10.1. The molecule has 0 aromatic rings. The zero-order valence-corrected chi connectivity index (χ0v) is 10.00. The zero-order valence-electron chi connectivity index (χ0n) is 6.84. The van der Waals surface area contributed by atoms with Gasteiger partial charge in [0, 0.05) is 13.1 Å². The molecule has 1 aliphatic rings. The first kappa shape index (κ1) is 11.3. The Balaban J connectivity index is 2.94. The molecule has 1 rings (SSSR count). The van der Waals surface area contributed by atoms with Crippen molar-refractivity contribution in [1.29, 1.82) is 0 Å². The average molecular weight is 252 g/mol. The molecule has 1 radical (unpaired) electrons. The molecule has 0 unspecified atom stereocenters. The highest BCUT2D eigenvalue weighted by Gasteiger charge is 2.54. The van der Waals surface area contributed by atoms with Crippen LogP contribution in [0.25, 0.3) is 0 Å². The summed E-state index contributed by atoms with van der Waals surface area (Å²) in [6.07, 6.45) is 0. The number of alkyl halides is 3. The predicted octanol–water partition coefficient (Wildman–Crippen LogP) is 1.95. The Morgan fingerprint density at radius 2 is 1.50 bits per heavy atom. The van der Waals surface area contributed by atoms with Crippen LogP contribution in [0.4, 0.5) is 0 Å². The molecule has 1 aliphatic heterocycles. The molecule has 0 bridgehead atoms. The van der Waals surface area contributed by atoms with Crippen molar-refractivity contribution in [2.75, 3.05) is 27.2 Å². The molecule has 1 fully saturated rings. The molecule has 0 aliphatic carbocycles. The average Bonchev–Trinajstić information content (AvgIpc) is 2.16. The normalized spacial score (nSPS) is 26.5. The molecule has 0 spiro atoms. The molecule has 0 atom stereocenters. The van der Waals surface area contributed by atoms with Crippen LogP contribution < -0.4 is 0 Å². The van der Waals surface area contributed by atoms with E-state index in [0.717, 1.165) is 13.1 Å². The summed E-state index contributed by atoms with van der Waals surface area (Å²) in [5, 5.41) is 0. The molecule has 7 heteroatoms. The molecule has 0 amide bonds. The first-order valence-electron chi connectivity index (χ1n) is 3.42. The number of halogens is 3. The summed E-state index contributed by atoms with van der Waals surface area (Å²) in [7, 11) is 0.803. The first-order valence-corrected chi connectivity index (χ1v) is 6.20. The summed E-state index contributed by atoms with van der Waals surface area (Å²) in [6, 6.07) is 0. The van der Waals surface area contributed by atoms with Gasteiger partial charge < -0.3 is 4.89 Å². The number of rotatable bonds is 0. The van der Waals surface area contributed by atoms with Gasteiger partial charge in [0.2, 0.25) is 0 Å². The Bertz CT molecular complexity index is 176. The van der Waals surface area contributed by atoms with Gasteiger partial charge in [-0.05, 0) is 14.1 Å². The van der Waals surface area contributed by atoms with Crippen LogP contribution in [0.1, 0.15) is 0 Å². The van der Waals surface area contributed by atoms with Crippen LogP contribution in [0.5, 0.6) is 0 Å². The number of hydrogen-bond donors (Lipinski definition) is 1. The Morgan fingerprint density at radius 1 is 1.17 bits per heavy atom. The lowest BCUT2D eigenvalue weighted by Gasteiger charge is -2.41. The maximum Gasteiger partial charge on any atom is 0.254 e. The number of nitrogens with zero attached hydrogens (tertiary/aromatic N) is 2. The molecule has 12 heavy (non-hydrogen) atoms. The van der Waals surface area contributed by atoms with Crippen molar-refractivity contribution in [2.24, 2.45) is 0 Å². The van der Waals surface area contributed by atoms with Gasteiger partial charge >= 0.3 is 0 Å². The topological polar surface area (TPSA) is 26.7 Å². The smallest absolute Gasteiger partial charge is 0.254 e. The van der Waals surface area contributed by atoms with E-state index in [1.165, 1.54) is 0 Å². The Morgan fingerprint density at radius 3 is 1.67 bits per heavy atom. The maximum atomic E-state index is 10.1. The van der Waals surface area contributed by atoms with Gasteiger partial charge in [-0.3, -0.25) is 9.34 Å². The van der Waals surface area contributed by atoms with Crippen LogP contribution in [0, 0.1) is 0 Å². The highest BCUT2D eigenvalue weighted by atomic mass is 35.6. The Kier molecular flexibility index (Phi) is 3.18. The number of likely N-dealkylation sites (N-methyl/N-ethyl adjacent to an activating group) is 2. The lowest BCUT2D eigenvalue weighted by atomic mass is 10.6. The quantitative estimate of drug-likeness (QED) is 0.527. The minimum absolute atomic E-state index is 0.731. The van der Waals surface area contributed by atoms with Gasteiger partial charge in [0.05, 0.1) is 0 Å². The van der Waals surface area contributed by atoms with E-state index in [2.05, 4.69) is 0 Å². The molecule has 1 heterocycles. The van der Waals surface area contributed by atoms with E-state index in [4.69, 9.17) is 34.8 Å². The molecule has 73 valence electrons. The van der Waals surface area contributed by atoms with Crippen molar-refractivity contribution < 1.29 is 4.89 Å². The molecule has 1 saturated heterocycles. The minimum Gasteiger partial charge on any atom is -0.350 e. The van der Waals surface area contributed by atoms with E-state index in [1.807, 2.05) is 0 Å². The van der Waals surface area contributed by atoms with Gasteiger partial charge in [0.15, 0.2) is 7.79 Å². The molecular weight excluding hydrogens is 241 g/mol. The lowest BCUT2D eigenvalue weighted by Crippen LogP contribution is -2.29. The summed E-state index contributed by atoms with van der Waals surface area (Å²) in [5.41, 5.74) is 0. The van der Waals surface area contributed by atoms with E-state index in [1.54, 1.807) is 23.4 Å². The van der Waals surface area contributed by atoms with Crippen molar-refractivity contribution in [3.05, 3.63) is 0 Å². The standard InChI is InChI=1S/C5H11Cl3N2OP/c1-9-3-4-10(2)12(9,11)5(6,7)8/h11H,3-4H2,1-2H3. The fraction of sp³-hybridized carbons (Fsp3) is 1.00. The van der Waals surface area contributed by atoms with Crippen molar-refractivity contribution in [1.82, 2.24) is 9.34 Å². The summed E-state index contributed by atoms with van der Waals surface area (Å²) in [5.74, 6) is 0. The third kappa shape index (κ3) is 1.57. The fourth-order valence-electron chi connectivity index (χ4n) is 1.22. The van der Waals surface area contributed by atoms with E-state index in [-0.39, 0.29) is 0 Å².